The van der Waals surface area contributed by atoms with Crippen molar-refractivity contribution in [1.29, 1.82) is 0 Å². The first kappa shape index (κ1) is 14.4. The summed E-state index contributed by atoms with van der Waals surface area (Å²) < 4.78 is 0. The number of benzene rings is 1. The molecule has 1 saturated carbocycles. The summed E-state index contributed by atoms with van der Waals surface area (Å²) in [5.74, 6) is 0.0459. The Morgan fingerprint density at radius 1 is 1.29 bits per heavy atom. The maximum Gasteiger partial charge on any atom is 0.242 e. The molecule has 0 aromatic heterocycles. The number of nitrogens with one attached hydrogen (secondary N) is 2. The molecule has 1 amide bonds. The van der Waals surface area contributed by atoms with Gasteiger partial charge in [0.15, 0.2) is 0 Å². The SMILES string of the molecule is O=C(NCC1(CO)CCCCC1)C1Cc2ccccc2N1. The van der Waals surface area contributed by atoms with Crippen molar-refractivity contribution in [3.8, 4) is 0 Å². The highest BCUT2D eigenvalue weighted by atomic mass is 16.3. The minimum atomic E-state index is -0.179. The van der Waals surface area contributed by atoms with Gasteiger partial charge in [0.25, 0.3) is 0 Å². The number of amides is 1. The zero-order valence-electron chi connectivity index (χ0n) is 12.4. The maximum absolute atomic E-state index is 12.4. The summed E-state index contributed by atoms with van der Waals surface area (Å²) in [6, 6.07) is 7.88. The van der Waals surface area contributed by atoms with Crippen LogP contribution in [-0.2, 0) is 11.2 Å². The first-order valence-corrected chi connectivity index (χ1v) is 7.95. The summed E-state index contributed by atoms with van der Waals surface area (Å²) in [7, 11) is 0. The molecule has 3 rings (SSSR count). The lowest BCUT2D eigenvalue weighted by molar-refractivity contribution is -0.122. The van der Waals surface area contributed by atoms with Crippen LogP contribution in [0.2, 0.25) is 0 Å². The van der Waals surface area contributed by atoms with Gasteiger partial charge in [-0.15, -0.1) is 0 Å². The Morgan fingerprint density at radius 2 is 2.05 bits per heavy atom. The van der Waals surface area contributed by atoms with Crippen LogP contribution in [-0.4, -0.2) is 30.2 Å². The fourth-order valence-electron chi connectivity index (χ4n) is 3.55. The number of aliphatic hydroxyl groups is 1. The Bertz CT molecular complexity index is 484. The third kappa shape index (κ3) is 3.05. The molecule has 4 nitrogen and oxygen atoms in total. The number of anilines is 1. The molecule has 1 aromatic rings. The van der Waals surface area contributed by atoms with Crippen LogP contribution in [0.1, 0.15) is 37.7 Å². The van der Waals surface area contributed by atoms with Gasteiger partial charge < -0.3 is 15.7 Å². The summed E-state index contributed by atoms with van der Waals surface area (Å²) in [4.78, 5) is 12.4. The van der Waals surface area contributed by atoms with E-state index in [0.29, 0.717) is 6.54 Å². The number of carbonyl (C=O) groups excluding carboxylic acids is 1. The topological polar surface area (TPSA) is 61.4 Å². The number of para-hydroxylation sites is 1. The van der Waals surface area contributed by atoms with Crippen molar-refractivity contribution in [2.45, 2.75) is 44.6 Å². The average Bonchev–Trinajstić information content (AvgIpc) is 2.97. The van der Waals surface area contributed by atoms with Crippen LogP contribution in [0.15, 0.2) is 24.3 Å². The largest absolute Gasteiger partial charge is 0.396 e. The molecular weight excluding hydrogens is 264 g/mol. The van der Waals surface area contributed by atoms with Crippen molar-refractivity contribution >= 4 is 11.6 Å². The van der Waals surface area contributed by atoms with Crippen molar-refractivity contribution in [3.05, 3.63) is 29.8 Å². The average molecular weight is 288 g/mol. The standard InChI is InChI=1S/C17H24N2O2/c20-12-17(8-4-1-5-9-17)11-18-16(21)15-10-13-6-2-3-7-14(13)19-15/h2-3,6-7,15,19-20H,1,4-5,8-12H2,(H,18,21). The second kappa shape index (κ2) is 6.06. The molecule has 1 fully saturated rings. The molecule has 0 saturated heterocycles. The molecule has 2 aliphatic rings. The van der Waals surface area contributed by atoms with Gasteiger partial charge in [0.1, 0.15) is 6.04 Å². The molecular formula is C17H24N2O2. The van der Waals surface area contributed by atoms with Crippen LogP contribution in [0.25, 0.3) is 0 Å². The molecule has 1 aliphatic heterocycles. The zero-order chi connectivity index (χ0) is 14.7. The van der Waals surface area contributed by atoms with E-state index in [1.165, 1.54) is 12.0 Å². The molecule has 1 unspecified atom stereocenters. The highest BCUT2D eigenvalue weighted by Gasteiger charge is 2.33. The van der Waals surface area contributed by atoms with Crippen molar-refractivity contribution in [3.63, 3.8) is 0 Å². The highest BCUT2D eigenvalue weighted by molar-refractivity contribution is 5.87. The van der Waals surface area contributed by atoms with Crippen LogP contribution in [0, 0.1) is 5.41 Å². The van der Waals surface area contributed by atoms with Crippen molar-refractivity contribution in [1.82, 2.24) is 5.32 Å². The van der Waals surface area contributed by atoms with E-state index >= 15 is 0 Å². The van der Waals surface area contributed by atoms with Gasteiger partial charge in [-0.2, -0.15) is 0 Å². The van der Waals surface area contributed by atoms with E-state index in [1.54, 1.807) is 0 Å². The number of fused-ring (bicyclic) bond motifs is 1. The van der Waals surface area contributed by atoms with Crippen LogP contribution >= 0.6 is 0 Å². The van der Waals surface area contributed by atoms with Crippen molar-refractivity contribution < 1.29 is 9.90 Å². The van der Waals surface area contributed by atoms with E-state index < -0.39 is 0 Å². The van der Waals surface area contributed by atoms with E-state index in [1.807, 2.05) is 18.2 Å². The van der Waals surface area contributed by atoms with Crippen LogP contribution in [0.4, 0.5) is 5.69 Å². The molecule has 1 aromatic carbocycles. The van der Waals surface area contributed by atoms with Gasteiger partial charge in [-0.05, 0) is 24.5 Å². The number of hydrogen-bond donors (Lipinski definition) is 3. The molecule has 1 aliphatic carbocycles. The Balaban J connectivity index is 1.55. The van der Waals surface area contributed by atoms with E-state index in [-0.39, 0.29) is 24.0 Å². The number of hydrogen-bond acceptors (Lipinski definition) is 3. The number of aliphatic hydroxyl groups excluding tert-OH is 1. The zero-order valence-corrected chi connectivity index (χ0v) is 12.4. The van der Waals surface area contributed by atoms with Gasteiger partial charge >= 0.3 is 0 Å². The van der Waals surface area contributed by atoms with E-state index in [0.717, 1.165) is 37.8 Å². The maximum atomic E-state index is 12.4. The molecule has 0 bridgehead atoms. The Kier molecular flexibility index (Phi) is 4.15. The smallest absolute Gasteiger partial charge is 0.242 e. The Labute approximate surface area is 125 Å². The van der Waals surface area contributed by atoms with Gasteiger partial charge in [-0.1, -0.05) is 37.5 Å². The summed E-state index contributed by atoms with van der Waals surface area (Å²) in [6.07, 6.45) is 6.33. The summed E-state index contributed by atoms with van der Waals surface area (Å²) in [6.45, 7) is 0.766. The molecule has 0 spiro atoms. The lowest BCUT2D eigenvalue weighted by atomic mass is 9.74. The van der Waals surface area contributed by atoms with Crippen LogP contribution < -0.4 is 10.6 Å². The third-order valence-electron chi connectivity index (χ3n) is 4.97. The lowest BCUT2D eigenvalue weighted by Gasteiger charge is -2.36. The quantitative estimate of drug-likeness (QED) is 0.795. The summed E-state index contributed by atoms with van der Waals surface area (Å²) in [5, 5.41) is 16.0. The fourth-order valence-corrected chi connectivity index (χ4v) is 3.55. The van der Waals surface area contributed by atoms with Gasteiger partial charge in [0.2, 0.25) is 5.91 Å². The van der Waals surface area contributed by atoms with Gasteiger partial charge in [-0.3, -0.25) is 4.79 Å². The monoisotopic (exact) mass is 288 g/mol. The molecule has 1 heterocycles. The summed E-state index contributed by atoms with van der Waals surface area (Å²) in [5.41, 5.74) is 2.17. The molecule has 3 N–H and O–H groups in total. The predicted molar refractivity (Wildman–Crippen MR) is 83.2 cm³/mol. The molecule has 21 heavy (non-hydrogen) atoms. The second-order valence-corrected chi connectivity index (χ2v) is 6.49. The minimum absolute atomic E-state index is 0.0459. The highest BCUT2D eigenvalue weighted by Crippen LogP contribution is 2.35. The second-order valence-electron chi connectivity index (χ2n) is 6.49. The van der Waals surface area contributed by atoms with E-state index in [2.05, 4.69) is 16.7 Å². The van der Waals surface area contributed by atoms with E-state index in [9.17, 15) is 9.90 Å². The summed E-state index contributed by atoms with van der Waals surface area (Å²) >= 11 is 0. The van der Waals surface area contributed by atoms with Gasteiger partial charge in [0, 0.05) is 24.1 Å². The fraction of sp³-hybridized carbons (Fsp3) is 0.588. The predicted octanol–water partition coefficient (Wildman–Crippen LogP) is 2.08. The Hall–Kier alpha value is -1.55. The molecule has 4 heteroatoms. The van der Waals surface area contributed by atoms with Crippen LogP contribution in [0.3, 0.4) is 0 Å². The first-order chi connectivity index (χ1) is 10.2. The van der Waals surface area contributed by atoms with Crippen LogP contribution in [0.5, 0.6) is 0 Å². The molecule has 0 radical (unpaired) electrons. The molecule has 1 atom stereocenters. The van der Waals surface area contributed by atoms with Gasteiger partial charge in [0.05, 0.1) is 6.61 Å². The van der Waals surface area contributed by atoms with Gasteiger partial charge in [-0.25, -0.2) is 0 Å². The third-order valence-corrected chi connectivity index (χ3v) is 4.97. The number of rotatable bonds is 4. The minimum Gasteiger partial charge on any atom is -0.396 e. The Morgan fingerprint density at radius 3 is 2.76 bits per heavy atom. The van der Waals surface area contributed by atoms with E-state index in [4.69, 9.17) is 0 Å². The van der Waals surface area contributed by atoms with Crippen molar-refractivity contribution in [2.24, 2.45) is 5.41 Å². The number of carbonyl (C=O) groups is 1. The first-order valence-electron chi connectivity index (χ1n) is 7.95. The molecule has 114 valence electrons. The van der Waals surface area contributed by atoms with Crippen molar-refractivity contribution in [2.75, 3.05) is 18.5 Å². The lowest BCUT2D eigenvalue weighted by Crippen LogP contribution is -2.46. The normalized spacial score (nSPS) is 23.2.